The highest BCUT2D eigenvalue weighted by atomic mass is 28.3. The summed E-state index contributed by atoms with van der Waals surface area (Å²) < 4.78 is 3.32. The molecule has 0 aliphatic carbocycles. The Kier molecular flexibility index (Phi) is 5.42. The van der Waals surface area contributed by atoms with Crippen LogP contribution in [-0.2, 0) is 18.3 Å². The smallest absolute Gasteiger partial charge is 0.295 e. The van der Waals surface area contributed by atoms with Gasteiger partial charge in [-0.25, -0.2) is 4.68 Å². The molecule has 6 heteroatoms. The first kappa shape index (κ1) is 19.9. The van der Waals surface area contributed by atoms with E-state index in [0.29, 0.717) is 5.69 Å². The fourth-order valence-electron chi connectivity index (χ4n) is 3.20. The lowest BCUT2D eigenvalue weighted by atomic mass is 10.1. The van der Waals surface area contributed by atoms with Crippen LogP contribution in [0, 0.1) is 6.92 Å². The Morgan fingerprint density at radius 3 is 2.18 bits per heavy atom. The van der Waals surface area contributed by atoms with E-state index in [1.54, 1.807) is 9.36 Å². The van der Waals surface area contributed by atoms with Gasteiger partial charge in [0, 0.05) is 7.05 Å². The molecule has 0 atom stereocenters. The number of para-hydroxylation sites is 1. The number of nitrogens with zero attached hydrogens (tertiary/aromatic N) is 2. The molecule has 3 aromatic rings. The molecule has 0 radical (unpaired) electrons. The second kappa shape index (κ2) is 7.64. The highest BCUT2D eigenvalue weighted by Gasteiger charge is 2.19. The molecule has 0 spiro atoms. The number of anilines is 1. The maximum Gasteiger partial charge on any atom is 0.295 e. The van der Waals surface area contributed by atoms with Crippen molar-refractivity contribution < 1.29 is 4.79 Å². The summed E-state index contributed by atoms with van der Waals surface area (Å²) in [6, 6.07) is 17.6. The van der Waals surface area contributed by atoms with Gasteiger partial charge in [0.05, 0.1) is 25.9 Å². The predicted octanol–water partition coefficient (Wildman–Crippen LogP) is 3.21. The van der Waals surface area contributed by atoms with E-state index in [1.807, 2.05) is 56.4 Å². The van der Waals surface area contributed by atoms with Crippen LogP contribution in [0.4, 0.5) is 5.69 Å². The molecule has 1 heterocycles. The lowest BCUT2D eigenvalue weighted by molar-refractivity contribution is -0.115. The van der Waals surface area contributed by atoms with Gasteiger partial charge in [0.15, 0.2) is 0 Å². The highest BCUT2D eigenvalue weighted by Crippen LogP contribution is 2.14. The number of benzene rings is 2. The topological polar surface area (TPSA) is 56.0 Å². The number of hydrogen-bond acceptors (Lipinski definition) is 2. The van der Waals surface area contributed by atoms with E-state index in [1.165, 1.54) is 5.19 Å². The van der Waals surface area contributed by atoms with Crippen molar-refractivity contribution in [3.05, 3.63) is 76.2 Å². The molecule has 0 aliphatic rings. The Labute approximate surface area is 166 Å². The SMILES string of the molecule is Cc1c(NC(=O)Cc2ccc([Si](C)(C)C)cc2)c(=O)n(-c2ccccc2)n1C. The summed E-state index contributed by atoms with van der Waals surface area (Å²) in [4.78, 5) is 25.5. The molecular weight excluding hydrogens is 366 g/mol. The van der Waals surface area contributed by atoms with Gasteiger partial charge in [-0.3, -0.25) is 14.3 Å². The number of amides is 1. The molecule has 0 saturated heterocycles. The van der Waals surface area contributed by atoms with E-state index in [0.717, 1.165) is 16.9 Å². The third-order valence-electron chi connectivity index (χ3n) is 5.00. The van der Waals surface area contributed by atoms with Crippen LogP contribution in [0.1, 0.15) is 11.3 Å². The third kappa shape index (κ3) is 4.02. The van der Waals surface area contributed by atoms with Gasteiger partial charge in [0.2, 0.25) is 5.91 Å². The number of nitrogens with one attached hydrogen (secondary N) is 1. The van der Waals surface area contributed by atoms with Crippen molar-refractivity contribution in [2.45, 2.75) is 33.0 Å². The van der Waals surface area contributed by atoms with E-state index in [4.69, 9.17) is 0 Å². The number of hydrogen-bond donors (Lipinski definition) is 1. The van der Waals surface area contributed by atoms with E-state index in [9.17, 15) is 9.59 Å². The molecule has 146 valence electrons. The zero-order chi connectivity index (χ0) is 20.5. The van der Waals surface area contributed by atoms with Gasteiger partial charge >= 0.3 is 0 Å². The van der Waals surface area contributed by atoms with E-state index < -0.39 is 8.07 Å². The molecule has 0 saturated carbocycles. The van der Waals surface area contributed by atoms with Crippen LogP contribution in [0.3, 0.4) is 0 Å². The summed E-state index contributed by atoms with van der Waals surface area (Å²) in [5.41, 5.74) is 2.52. The normalized spacial score (nSPS) is 11.5. The van der Waals surface area contributed by atoms with Crippen molar-refractivity contribution in [1.29, 1.82) is 0 Å². The highest BCUT2D eigenvalue weighted by molar-refractivity contribution is 6.88. The number of aromatic nitrogens is 2. The monoisotopic (exact) mass is 393 g/mol. The molecule has 0 aliphatic heterocycles. The van der Waals surface area contributed by atoms with Crippen molar-refractivity contribution in [3.63, 3.8) is 0 Å². The lowest BCUT2D eigenvalue weighted by Gasteiger charge is -2.16. The minimum absolute atomic E-state index is 0.188. The summed E-state index contributed by atoms with van der Waals surface area (Å²) in [5.74, 6) is -0.188. The first-order chi connectivity index (χ1) is 13.2. The van der Waals surface area contributed by atoms with Crippen LogP contribution < -0.4 is 16.1 Å². The fourth-order valence-corrected chi connectivity index (χ4v) is 4.37. The van der Waals surface area contributed by atoms with E-state index in [-0.39, 0.29) is 17.9 Å². The second-order valence-corrected chi connectivity index (χ2v) is 13.2. The summed E-state index contributed by atoms with van der Waals surface area (Å²) >= 11 is 0. The van der Waals surface area contributed by atoms with Crippen LogP contribution in [0.25, 0.3) is 5.69 Å². The number of carbonyl (C=O) groups is 1. The van der Waals surface area contributed by atoms with Crippen molar-refractivity contribution in [3.8, 4) is 5.69 Å². The molecular formula is C22H27N3O2Si. The van der Waals surface area contributed by atoms with Crippen LogP contribution in [0.5, 0.6) is 0 Å². The first-order valence-electron chi connectivity index (χ1n) is 9.42. The summed E-state index contributed by atoms with van der Waals surface area (Å²) in [6.45, 7) is 8.72. The molecule has 1 aromatic heterocycles. The molecule has 1 amide bonds. The van der Waals surface area contributed by atoms with Crippen molar-refractivity contribution in [2.75, 3.05) is 5.32 Å². The summed E-state index contributed by atoms with van der Waals surface area (Å²) in [6.07, 6.45) is 0.241. The maximum atomic E-state index is 12.9. The fraction of sp³-hybridized carbons (Fsp3) is 0.273. The average molecular weight is 394 g/mol. The largest absolute Gasteiger partial charge is 0.320 e. The van der Waals surface area contributed by atoms with Crippen LogP contribution >= 0.6 is 0 Å². The Bertz CT molecular complexity index is 1040. The Morgan fingerprint density at radius 2 is 1.61 bits per heavy atom. The van der Waals surface area contributed by atoms with E-state index in [2.05, 4.69) is 37.1 Å². The Balaban J connectivity index is 1.81. The van der Waals surface area contributed by atoms with Crippen LogP contribution in [0.15, 0.2) is 59.4 Å². The average Bonchev–Trinajstić information content (AvgIpc) is 2.85. The molecule has 28 heavy (non-hydrogen) atoms. The minimum Gasteiger partial charge on any atom is -0.320 e. The maximum absolute atomic E-state index is 12.9. The summed E-state index contributed by atoms with van der Waals surface area (Å²) in [5, 5.41) is 4.18. The van der Waals surface area contributed by atoms with Gasteiger partial charge in [0.25, 0.3) is 5.56 Å². The van der Waals surface area contributed by atoms with Gasteiger partial charge in [0.1, 0.15) is 5.69 Å². The van der Waals surface area contributed by atoms with Gasteiger partial charge in [-0.2, -0.15) is 0 Å². The van der Waals surface area contributed by atoms with Gasteiger partial charge in [-0.15, -0.1) is 0 Å². The molecule has 1 N–H and O–H groups in total. The molecule has 2 aromatic carbocycles. The quantitative estimate of drug-likeness (QED) is 0.677. The second-order valence-electron chi connectivity index (χ2n) is 8.11. The zero-order valence-electron chi connectivity index (χ0n) is 17.1. The third-order valence-corrected chi connectivity index (χ3v) is 7.07. The molecule has 5 nitrogen and oxygen atoms in total. The molecule has 0 fully saturated rings. The lowest BCUT2D eigenvalue weighted by Crippen LogP contribution is -2.37. The predicted molar refractivity (Wildman–Crippen MR) is 118 cm³/mol. The molecule has 0 bridgehead atoms. The van der Waals surface area contributed by atoms with Crippen molar-refractivity contribution >= 4 is 24.9 Å². The standard InChI is InChI=1S/C22H27N3O2Si/c1-16-21(22(27)25(24(16)2)18-9-7-6-8-10-18)23-20(26)15-17-11-13-19(14-12-17)28(3,4)5/h6-14H,15H2,1-5H3,(H,23,26). The van der Waals surface area contributed by atoms with Crippen LogP contribution in [-0.4, -0.2) is 23.3 Å². The van der Waals surface area contributed by atoms with Crippen molar-refractivity contribution in [2.24, 2.45) is 7.05 Å². The van der Waals surface area contributed by atoms with Gasteiger partial charge in [-0.1, -0.05) is 67.3 Å². The van der Waals surface area contributed by atoms with Crippen LogP contribution in [0.2, 0.25) is 19.6 Å². The molecule has 0 unspecified atom stereocenters. The van der Waals surface area contributed by atoms with Gasteiger partial charge < -0.3 is 5.32 Å². The first-order valence-corrected chi connectivity index (χ1v) is 12.9. The van der Waals surface area contributed by atoms with E-state index >= 15 is 0 Å². The Hall–Kier alpha value is -2.86. The minimum atomic E-state index is -1.36. The number of carbonyl (C=O) groups excluding carboxylic acids is 1. The van der Waals surface area contributed by atoms with Crippen molar-refractivity contribution in [1.82, 2.24) is 9.36 Å². The van der Waals surface area contributed by atoms with Gasteiger partial charge in [-0.05, 0) is 24.6 Å². The number of rotatable bonds is 5. The summed E-state index contributed by atoms with van der Waals surface area (Å²) in [7, 11) is 0.459. The molecule has 3 rings (SSSR count). The zero-order valence-corrected chi connectivity index (χ0v) is 18.1. The Morgan fingerprint density at radius 1 is 1.00 bits per heavy atom.